The standard InChI is InChI=1S/C16H22N4O3/c1-6-23-16(22)13-7-19(5)9-14(13)17-15(21)12-8-20(10(2)3)18-11(12)4/h7-10H,6H2,1-5H3,(H,17,21). The van der Waals surface area contributed by atoms with Gasteiger partial charge in [-0.3, -0.25) is 9.48 Å². The molecular formula is C16H22N4O3. The molecular weight excluding hydrogens is 296 g/mol. The Bertz CT molecular complexity index is 728. The van der Waals surface area contributed by atoms with E-state index in [2.05, 4.69) is 10.4 Å². The molecule has 124 valence electrons. The molecule has 0 atom stereocenters. The largest absolute Gasteiger partial charge is 0.462 e. The molecule has 7 heteroatoms. The van der Waals surface area contributed by atoms with Crippen molar-refractivity contribution in [1.82, 2.24) is 14.3 Å². The molecule has 2 aromatic heterocycles. The van der Waals surface area contributed by atoms with Gasteiger partial charge in [0.25, 0.3) is 5.91 Å². The van der Waals surface area contributed by atoms with Crippen molar-refractivity contribution in [3.05, 3.63) is 35.4 Å². The van der Waals surface area contributed by atoms with Crippen molar-refractivity contribution in [2.75, 3.05) is 11.9 Å². The highest BCUT2D eigenvalue weighted by Crippen LogP contribution is 2.20. The van der Waals surface area contributed by atoms with Gasteiger partial charge in [-0.15, -0.1) is 0 Å². The zero-order valence-corrected chi connectivity index (χ0v) is 14.1. The molecule has 0 spiro atoms. The summed E-state index contributed by atoms with van der Waals surface area (Å²) in [7, 11) is 1.78. The first-order valence-corrected chi connectivity index (χ1v) is 7.53. The number of hydrogen-bond acceptors (Lipinski definition) is 4. The van der Waals surface area contributed by atoms with Gasteiger partial charge >= 0.3 is 5.97 Å². The molecule has 0 aliphatic rings. The number of nitrogens with one attached hydrogen (secondary N) is 1. The quantitative estimate of drug-likeness (QED) is 0.859. The van der Waals surface area contributed by atoms with Gasteiger partial charge in [-0.25, -0.2) is 4.79 Å². The average Bonchev–Trinajstić information content (AvgIpc) is 3.02. The fraction of sp³-hybridized carbons (Fsp3) is 0.438. The monoisotopic (exact) mass is 318 g/mol. The summed E-state index contributed by atoms with van der Waals surface area (Å²) < 4.78 is 8.45. The van der Waals surface area contributed by atoms with Crippen molar-refractivity contribution in [2.24, 2.45) is 7.05 Å². The number of anilines is 1. The number of amides is 1. The van der Waals surface area contributed by atoms with Crippen LogP contribution in [-0.2, 0) is 11.8 Å². The second kappa shape index (κ2) is 6.68. The van der Waals surface area contributed by atoms with E-state index >= 15 is 0 Å². The maximum absolute atomic E-state index is 12.5. The molecule has 0 aliphatic heterocycles. The lowest BCUT2D eigenvalue weighted by atomic mass is 10.2. The number of aromatic nitrogens is 3. The number of carbonyl (C=O) groups is 2. The van der Waals surface area contributed by atoms with E-state index < -0.39 is 5.97 Å². The lowest BCUT2D eigenvalue weighted by Crippen LogP contribution is -2.15. The minimum absolute atomic E-state index is 0.169. The molecule has 0 saturated heterocycles. The van der Waals surface area contributed by atoms with Gasteiger partial charge in [-0.1, -0.05) is 0 Å². The van der Waals surface area contributed by atoms with Crippen LogP contribution >= 0.6 is 0 Å². The van der Waals surface area contributed by atoms with Gasteiger partial charge in [0.05, 0.1) is 23.6 Å². The second-order valence-electron chi connectivity index (χ2n) is 5.63. The Morgan fingerprint density at radius 3 is 2.52 bits per heavy atom. The van der Waals surface area contributed by atoms with Crippen LogP contribution in [0.5, 0.6) is 0 Å². The summed E-state index contributed by atoms with van der Waals surface area (Å²) >= 11 is 0. The molecule has 2 aromatic rings. The predicted octanol–water partition coefficient (Wildman–Crippen LogP) is 2.54. The molecule has 0 aliphatic carbocycles. The predicted molar refractivity (Wildman–Crippen MR) is 86.7 cm³/mol. The van der Waals surface area contributed by atoms with Crippen LogP contribution in [0.3, 0.4) is 0 Å². The number of hydrogen-bond donors (Lipinski definition) is 1. The molecule has 7 nitrogen and oxygen atoms in total. The van der Waals surface area contributed by atoms with E-state index in [1.54, 1.807) is 48.7 Å². The van der Waals surface area contributed by atoms with Crippen molar-refractivity contribution >= 4 is 17.6 Å². The zero-order chi connectivity index (χ0) is 17.1. The molecule has 23 heavy (non-hydrogen) atoms. The Labute approximate surface area is 135 Å². The van der Waals surface area contributed by atoms with Crippen molar-refractivity contribution in [3.63, 3.8) is 0 Å². The Hall–Kier alpha value is -2.57. The van der Waals surface area contributed by atoms with Gasteiger partial charge in [0.2, 0.25) is 0 Å². The van der Waals surface area contributed by atoms with Crippen LogP contribution in [0.4, 0.5) is 5.69 Å². The van der Waals surface area contributed by atoms with Crippen LogP contribution in [0.1, 0.15) is 53.2 Å². The molecule has 1 amide bonds. The summed E-state index contributed by atoms with van der Waals surface area (Å²) in [6.45, 7) is 7.78. The highest BCUT2D eigenvalue weighted by molar-refractivity contribution is 6.08. The summed E-state index contributed by atoms with van der Waals surface area (Å²) in [6.07, 6.45) is 5.01. The van der Waals surface area contributed by atoms with E-state index in [4.69, 9.17) is 4.74 Å². The highest BCUT2D eigenvalue weighted by Gasteiger charge is 2.20. The maximum Gasteiger partial charge on any atom is 0.341 e. The molecule has 2 heterocycles. The molecule has 0 fully saturated rings. The van der Waals surface area contributed by atoms with E-state index in [-0.39, 0.29) is 18.6 Å². The molecule has 0 aromatic carbocycles. The summed E-state index contributed by atoms with van der Waals surface area (Å²) in [4.78, 5) is 24.4. The number of aryl methyl sites for hydroxylation is 2. The topological polar surface area (TPSA) is 78.1 Å². The Kier molecular flexibility index (Phi) is 4.88. The number of rotatable bonds is 5. The fourth-order valence-corrected chi connectivity index (χ4v) is 2.21. The fourth-order valence-electron chi connectivity index (χ4n) is 2.21. The molecule has 0 radical (unpaired) electrons. The van der Waals surface area contributed by atoms with E-state index in [1.807, 2.05) is 13.8 Å². The van der Waals surface area contributed by atoms with Gasteiger partial charge in [-0.2, -0.15) is 5.10 Å². The first-order valence-electron chi connectivity index (χ1n) is 7.53. The molecule has 1 N–H and O–H groups in total. The average molecular weight is 318 g/mol. The normalized spacial score (nSPS) is 10.9. The first-order chi connectivity index (χ1) is 10.8. The molecule has 0 unspecified atom stereocenters. The molecule has 0 saturated carbocycles. The first kappa shape index (κ1) is 16.8. The Morgan fingerprint density at radius 1 is 1.26 bits per heavy atom. The van der Waals surface area contributed by atoms with Crippen molar-refractivity contribution in [3.8, 4) is 0 Å². The smallest absolute Gasteiger partial charge is 0.341 e. The zero-order valence-electron chi connectivity index (χ0n) is 14.1. The van der Waals surface area contributed by atoms with E-state index in [9.17, 15) is 9.59 Å². The van der Waals surface area contributed by atoms with Crippen LogP contribution in [0, 0.1) is 6.92 Å². The minimum Gasteiger partial charge on any atom is -0.462 e. The lowest BCUT2D eigenvalue weighted by molar-refractivity contribution is 0.0527. The van der Waals surface area contributed by atoms with Gasteiger partial charge in [0.1, 0.15) is 5.56 Å². The van der Waals surface area contributed by atoms with Gasteiger partial charge in [0, 0.05) is 31.7 Å². The van der Waals surface area contributed by atoms with Crippen LogP contribution in [0.2, 0.25) is 0 Å². The number of esters is 1. The molecule has 2 rings (SSSR count). The third-order valence-electron chi connectivity index (χ3n) is 3.39. The van der Waals surface area contributed by atoms with Crippen LogP contribution in [0.15, 0.2) is 18.6 Å². The van der Waals surface area contributed by atoms with Crippen LogP contribution < -0.4 is 5.32 Å². The summed E-state index contributed by atoms with van der Waals surface area (Å²) in [5.74, 6) is -0.760. The minimum atomic E-state index is -0.460. The summed E-state index contributed by atoms with van der Waals surface area (Å²) in [6, 6.07) is 0.169. The lowest BCUT2D eigenvalue weighted by Gasteiger charge is -2.05. The number of ether oxygens (including phenoxy) is 1. The van der Waals surface area contributed by atoms with Gasteiger partial charge in [-0.05, 0) is 27.7 Å². The summed E-state index contributed by atoms with van der Waals surface area (Å²) in [5, 5.41) is 7.09. The van der Waals surface area contributed by atoms with Crippen LogP contribution in [0.25, 0.3) is 0 Å². The maximum atomic E-state index is 12.5. The number of nitrogens with zero attached hydrogens (tertiary/aromatic N) is 3. The van der Waals surface area contributed by atoms with Gasteiger partial charge < -0.3 is 14.6 Å². The van der Waals surface area contributed by atoms with Gasteiger partial charge in [0.15, 0.2) is 0 Å². The van der Waals surface area contributed by atoms with Crippen molar-refractivity contribution in [2.45, 2.75) is 33.7 Å². The Morgan fingerprint density at radius 2 is 1.96 bits per heavy atom. The van der Waals surface area contributed by atoms with Crippen LogP contribution in [-0.4, -0.2) is 32.8 Å². The van der Waals surface area contributed by atoms with E-state index in [1.165, 1.54) is 0 Å². The highest BCUT2D eigenvalue weighted by atomic mass is 16.5. The van der Waals surface area contributed by atoms with Crippen molar-refractivity contribution in [1.29, 1.82) is 0 Å². The molecule has 0 bridgehead atoms. The number of carbonyl (C=O) groups excluding carboxylic acids is 2. The second-order valence-corrected chi connectivity index (χ2v) is 5.63. The van der Waals surface area contributed by atoms with Crippen molar-refractivity contribution < 1.29 is 14.3 Å². The van der Waals surface area contributed by atoms with E-state index in [0.717, 1.165) is 0 Å². The van der Waals surface area contributed by atoms with E-state index in [0.29, 0.717) is 22.5 Å². The third kappa shape index (κ3) is 3.61. The SMILES string of the molecule is CCOC(=O)c1cn(C)cc1NC(=O)c1cn(C(C)C)nc1C. The Balaban J connectivity index is 2.25. The summed E-state index contributed by atoms with van der Waals surface area (Å²) in [5.41, 5.74) is 1.88. The third-order valence-corrected chi connectivity index (χ3v) is 3.39.